The Labute approximate surface area is 132 Å². The van der Waals surface area contributed by atoms with E-state index in [0.717, 1.165) is 42.0 Å². The molecule has 1 saturated carbocycles. The van der Waals surface area contributed by atoms with Gasteiger partial charge in [0.15, 0.2) is 0 Å². The lowest BCUT2D eigenvalue weighted by Crippen LogP contribution is -2.45. The maximum Gasteiger partial charge on any atom is 0.108 e. The van der Waals surface area contributed by atoms with Crippen LogP contribution in [0.5, 0.6) is 0 Å². The number of hydrogen-bond donors (Lipinski definition) is 1. The summed E-state index contributed by atoms with van der Waals surface area (Å²) in [5.74, 6) is 0.192. The highest BCUT2D eigenvalue weighted by Crippen LogP contribution is 2.40. The molecule has 21 heavy (non-hydrogen) atoms. The standard InChI is InChI=1S/C18H24ClNO/c1-4-18(21)15(6-5-7-16(18)13-20(2)3)12-14-8-10-17(19)11-9-14/h4,8-12,16,21H,1,5-7,13H2,2-3H3/b15-12-. The third-order valence-electron chi connectivity index (χ3n) is 4.24. The van der Waals surface area contributed by atoms with Gasteiger partial charge in [0.2, 0.25) is 0 Å². The molecule has 0 aliphatic heterocycles. The molecule has 1 N–H and O–H groups in total. The van der Waals surface area contributed by atoms with Gasteiger partial charge in [0.05, 0.1) is 0 Å². The molecule has 0 radical (unpaired) electrons. The van der Waals surface area contributed by atoms with Gasteiger partial charge in [-0.15, -0.1) is 0 Å². The summed E-state index contributed by atoms with van der Waals surface area (Å²) in [7, 11) is 4.08. The van der Waals surface area contributed by atoms with E-state index >= 15 is 0 Å². The molecule has 1 aliphatic carbocycles. The molecular weight excluding hydrogens is 282 g/mol. The predicted octanol–water partition coefficient (Wildman–Crippen LogP) is 4.00. The van der Waals surface area contributed by atoms with Crippen molar-refractivity contribution >= 4 is 17.7 Å². The monoisotopic (exact) mass is 305 g/mol. The van der Waals surface area contributed by atoms with E-state index in [0.29, 0.717) is 0 Å². The highest BCUT2D eigenvalue weighted by atomic mass is 35.5. The topological polar surface area (TPSA) is 23.5 Å². The lowest BCUT2D eigenvalue weighted by atomic mass is 9.71. The minimum Gasteiger partial charge on any atom is -0.381 e. The summed E-state index contributed by atoms with van der Waals surface area (Å²) in [5.41, 5.74) is 1.21. The molecule has 1 aromatic rings. The van der Waals surface area contributed by atoms with Crippen molar-refractivity contribution < 1.29 is 5.11 Å². The third-order valence-corrected chi connectivity index (χ3v) is 4.50. The molecule has 114 valence electrons. The molecule has 0 bridgehead atoms. The fraction of sp³-hybridized carbons (Fsp3) is 0.444. The molecule has 1 fully saturated rings. The zero-order valence-corrected chi connectivity index (χ0v) is 13.6. The van der Waals surface area contributed by atoms with E-state index in [-0.39, 0.29) is 5.92 Å². The molecule has 2 rings (SSSR count). The number of hydrogen-bond acceptors (Lipinski definition) is 2. The van der Waals surface area contributed by atoms with Crippen LogP contribution in [0.25, 0.3) is 6.08 Å². The molecule has 2 unspecified atom stereocenters. The van der Waals surface area contributed by atoms with Gasteiger partial charge in [0, 0.05) is 17.5 Å². The SMILES string of the molecule is C=CC1(O)/C(=C\c2ccc(Cl)cc2)CCCC1CN(C)C. The van der Waals surface area contributed by atoms with Crippen LogP contribution in [0.15, 0.2) is 42.5 Å². The van der Waals surface area contributed by atoms with Gasteiger partial charge in [0.25, 0.3) is 0 Å². The van der Waals surface area contributed by atoms with Crippen LogP contribution in [0.1, 0.15) is 24.8 Å². The first-order chi connectivity index (χ1) is 9.95. The van der Waals surface area contributed by atoms with E-state index in [9.17, 15) is 5.11 Å². The molecule has 0 saturated heterocycles. The van der Waals surface area contributed by atoms with Crippen LogP contribution in [-0.4, -0.2) is 36.2 Å². The highest BCUT2D eigenvalue weighted by Gasteiger charge is 2.40. The average molecular weight is 306 g/mol. The van der Waals surface area contributed by atoms with Crippen molar-refractivity contribution in [1.82, 2.24) is 4.90 Å². The van der Waals surface area contributed by atoms with Gasteiger partial charge < -0.3 is 10.0 Å². The van der Waals surface area contributed by atoms with Crippen LogP contribution >= 0.6 is 11.6 Å². The summed E-state index contributed by atoms with van der Waals surface area (Å²) in [6.07, 6.45) is 6.84. The largest absolute Gasteiger partial charge is 0.381 e. The maximum absolute atomic E-state index is 11.1. The lowest BCUT2D eigenvalue weighted by molar-refractivity contribution is 0.0292. The minimum absolute atomic E-state index is 0.192. The van der Waals surface area contributed by atoms with Crippen molar-refractivity contribution in [3.05, 3.63) is 53.1 Å². The second-order valence-corrected chi connectivity index (χ2v) is 6.54. The number of benzene rings is 1. The summed E-state index contributed by atoms with van der Waals surface area (Å²) in [5, 5.41) is 11.9. The van der Waals surface area contributed by atoms with Crippen LogP contribution < -0.4 is 0 Å². The van der Waals surface area contributed by atoms with E-state index in [4.69, 9.17) is 11.6 Å². The fourth-order valence-electron chi connectivity index (χ4n) is 3.14. The molecule has 0 aromatic heterocycles. The van der Waals surface area contributed by atoms with Crippen LogP contribution in [0, 0.1) is 5.92 Å². The summed E-state index contributed by atoms with van der Waals surface area (Å²) in [6, 6.07) is 7.71. The Balaban J connectivity index is 2.32. The number of halogens is 1. The van der Waals surface area contributed by atoms with E-state index < -0.39 is 5.60 Å². The highest BCUT2D eigenvalue weighted by molar-refractivity contribution is 6.30. The second kappa shape index (κ2) is 6.78. The first kappa shape index (κ1) is 16.3. The zero-order chi connectivity index (χ0) is 15.5. The van der Waals surface area contributed by atoms with Gasteiger partial charge in [-0.25, -0.2) is 0 Å². The Kier molecular flexibility index (Phi) is 5.26. The summed E-state index contributed by atoms with van der Waals surface area (Å²) < 4.78 is 0. The molecular formula is C18H24ClNO. The van der Waals surface area contributed by atoms with Crippen molar-refractivity contribution in [3.8, 4) is 0 Å². The van der Waals surface area contributed by atoms with Crippen LogP contribution in [0.3, 0.4) is 0 Å². The van der Waals surface area contributed by atoms with E-state index in [1.54, 1.807) is 6.08 Å². The second-order valence-electron chi connectivity index (χ2n) is 6.10. The van der Waals surface area contributed by atoms with Crippen molar-refractivity contribution in [1.29, 1.82) is 0 Å². The van der Waals surface area contributed by atoms with Crippen molar-refractivity contribution in [3.63, 3.8) is 0 Å². The van der Waals surface area contributed by atoms with Crippen molar-refractivity contribution in [2.24, 2.45) is 5.92 Å². The molecule has 0 amide bonds. The lowest BCUT2D eigenvalue weighted by Gasteiger charge is -2.41. The third kappa shape index (κ3) is 3.76. The average Bonchev–Trinajstić information content (AvgIpc) is 2.45. The molecule has 3 heteroatoms. The molecule has 1 aromatic carbocycles. The van der Waals surface area contributed by atoms with Gasteiger partial charge in [0.1, 0.15) is 5.60 Å². The summed E-state index contributed by atoms with van der Waals surface area (Å²) in [4.78, 5) is 2.13. The number of nitrogens with zero attached hydrogens (tertiary/aromatic N) is 1. The van der Waals surface area contributed by atoms with E-state index in [1.165, 1.54) is 0 Å². The van der Waals surface area contributed by atoms with Gasteiger partial charge in [-0.1, -0.05) is 42.5 Å². The maximum atomic E-state index is 11.1. The number of rotatable bonds is 4. The molecule has 0 spiro atoms. The summed E-state index contributed by atoms with van der Waals surface area (Å²) >= 11 is 5.93. The van der Waals surface area contributed by atoms with Gasteiger partial charge >= 0.3 is 0 Å². The van der Waals surface area contributed by atoms with Crippen molar-refractivity contribution in [2.75, 3.05) is 20.6 Å². The zero-order valence-electron chi connectivity index (χ0n) is 12.8. The quantitative estimate of drug-likeness (QED) is 0.850. The van der Waals surface area contributed by atoms with E-state index in [1.807, 2.05) is 38.4 Å². The van der Waals surface area contributed by atoms with Gasteiger partial charge in [-0.2, -0.15) is 0 Å². The number of aliphatic hydroxyl groups is 1. The Bertz CT molecular complexity index is 521. The molecule has 1 aliphatic rings. The first-order valence-electron chi connectivity index (χ1n) is 7.43. The Hall–Kier alpha value is -1.09. The van der Waals surface area contributed by atoms with Crippen LogP contribution in [0.4, 0.5) is 0 Å². The van der Waals surface area contributed by atoms with Crippen molar-refractivity contribution in [2.45, 2.75) is 24.9 Å². The Morgan fingerprint density at radius 2 is 2.05 bits per heavy atom. The van der Waals surface area contributed by atoms with Crippen LogP contribution in [-0.2, 0) is 0 Å². The van der Waals surface area contributed by atoms with E-state index in [2.05, 4.69) is 17.6 Å². The normalized spacial score (nSPS) is 28.0. The Morgan fingerprint density at radius 3 is 2.62 bits per heavy atom. The van der Waals surface area contributed by atoms with Crippen LogP contribution in [0.2, 0.25) is 5.02 Å². The minimum atomic E-state index is -0.915. The van der Waals surface area contributed by atoms with Gasteiger partial charge in [-0.3, -0.25) is 0 Å². The summed E-state index contributed by atoms with van der Waals surface area (Å²) in [6.45, 7) is 4.75. The molecule has 0 heterocycles. The predicted molar refractivity (Wildman–Crippen MR) is 90.5 cm³/mol. The molecule has 2 nitrogen and oxygen atoms in total. The fourth-order valence-corrected chi connectivity index (χ4v) is 3.26. The van der Waals surface area contributed by atoms with Gasteiger partial charge in [-0.05, 0) is 56.6 Å². The smallest absolute Gasteiger partial charge is 0.108 e. The molecule has 2 atom stereocenters. The Morgan fingerprint density at radius 1 is 1.38 bits per heavy atom. The first-order valence-corrected chi connectivity index (χ1v) is 7.81.